The Morgan fingerprint density at radius 3 is 2.32 bits per heavy atom. The lowest BCUT2D eigenvalue weighted by Crippen LogP contribution is -2.22. The molecule has 1 aliphatic rings. The number of carbonyl (C=O) groups excluding carboxylic acids is 1. The molecule has 0 radical (unpaired) electrons. The largest absolute Gasteiger partial charge is 0.478 e. The number of nitrogens with zero attached hydrogens (tertiary/aromatic N) is 2. The van der Waals surface area contributed by atoms with Crippen molar-refractivity contribution >= 4 is 22.9 Å². The summed E-state index contributed by atoms with van der Waals surface area (Å²) in [4.78, 5) is 28.9. The Balaban J connectivity index is 1.42. The van der Waals surface area contributed by atoms with Gasteiger partial charge in [-0.1, -0.05) is 54.8 Å². The second kappa shape index (κ2) is 9.14. The van der Waals surface area contributed by atoms with Crippen LogP contribution in [-0.4, -0.2) is 26.5 Å². The monoisotopic (exact) mass is 453 g/mol. The molecule has 1 fully saturated rings. The molecule has 0 atom stereocenters. The van der Waals surface area contributed by atoms with Crippen molar-refractivity contribution in [1.29, 1.82) is 0 Å². The zero-order valence-electron chi connectivity index (χ0n) is 19.1. The van der Waals surface area contributed by atoms with Gasteiger partial charge in [-0.3, -0.25) is 4.79 Å². The molecule has 6 heteroatoms. The molecular weight excluding hydrogens is 426 g/mol. The van der Waals surface area contributed by atoms with Gasteiger partial charge in [0.1, 0.15) is 5.82 Å². The smallest absolute Gasteiger partial charge is 0.335 e. The number of carboxylic acids is 1. The van der Waals surface area contributed by atoms with E-state index in [9.17, 15) is 14.7 Å². The molecule has 5 rings (SSSR count). The maximum atomic E-state index is 12.7. The molecule has 0 unspecified atom stereocenters. The van der Waals surface area contributed by atoms with Gasteiger partial charge in [0.05, 0.1) is 16.6 Å². The third kappa shape index (κ3) is 4.31. The van der Waals surface area contributed by atoms with Crippen LogP contribution in [0.3, 0.4) is 0 Å². The molecule has 3 aromatic carbocycles. The lowest BCUT2D eigenvalue weighted by Gasteiger charge is -2.16. The first kappa shape index (κ1) is 21.9. The number of nitrogens with one attached hydrogen (secondary N) is 1. The minimum atomic E-state index is -0.958. The van der Waals surface area contributed by atoms with Gasteiger partial charge in [-0.15, -0.1) is 0 Å². The van der Waals surface area contributed by atoms with Crippen molar-refractivity contribution in [3.05, 3.63) is 89.0 Å². The van der Waals surface area contributed by atoms with Crippen molar-refractivity contribution in [2.24, 2.45) is 0 Å². The number of carbonyl (C=O) groups is 2. The molecule has 0 saturated heterocycles. The van der Waals surface area contributed by atoms with Crippen molar-refractivity contribution < 1.29 is 14.7 Å². The Morgan fingerprint density at radius 1 is 0.971 bits per heavy atom. The van der Waals surface area contributed by atoms with E-state index in [1.165, 1.54) is 18.4 Å². The van der Waals surface area contributed by atoms with Crippen molar-refractivity contribution in [3.8, 4) is 11.4 Å². The molecule has 2 N–H and O–H groups in total. The number of aromatic nitrogens is 2. The summed E-state index contributed by atoms with van der Waals surface area (Å²) in [5, 5.41) is 12.4. The van der Waals surface area contributed by atoms with Gasteiger partial charge in [0, 0.05) is 23.7 Å². The zero-order valence-corrected chi connectivity index (χ0v) is 19.1. The number of rotatable bonds is 6. The van der Waals surface area contributed by atoms with E-state index < -0.39 is 5.97 Å². The zero-order chi connectivity index (χ0) is 23.7. The molecule has 1 saturated carbocycles. The Labute approximate surface area is 198 Å². The number of aryl methyl sites for hydroxylation is 1. The summed E-state index contributed by atoms with van der Waals surface area (Å²) in [6.45, 7) is 2.51. The van der Waals surface area contributed by atoms with E-state index in [0.29, 0.717) is 23.7 Å². The van der Waals surface area contributed by atoms with Crippen LogP contribution in [0.4, 0.5) is 0 Å². The maximum Gasteiger partial charge on any atom is 0.335 e. The fourth-order valence-electron chi connectivity index (χ4n) is 4.73. The van der Waals surface area contributed by atoms with Crippen LogP contribution in [0.5, 0.6) is 0 Å². The standard InChI is InChI=1S/C28H27N3O3/c1-18-6-8-19(9-7-18)17-29-27(32)21-12-10-20(11-13-21)26-30-24-16-22(28(33)34)14-15-25(24)31(26)23-4-2-3-5-23/h6-16,23H,2-5,17H2,1H3,(H,29,32)(H,33,34). The van der Waals surface area contributed by atoms with Crippen LogP contribution in [0.25, 0.3) is 22.4 Å². The molecule has 6 nitrogen and oxygen atoms in total. The second-order valence-electron chi connectivity index (χ2n) is 9.00. The molecule has 0 spiro atoms. The molecule has 1 amide bonds. The summed E-state index contributed by atoms with van der Waals surface area (Å²) >= 11 is 0. The van der Waals surface area contributed by atoms with Crippen molar-refractivity contribution in [2.45, 2.75) is 45.2 Å². The number of amides is 1. The van der Waals surface area contributed by atoms with E-state index in [-0.39, 0.29) is 11.5 Å². The Hall–Kier alpha value is -3.93. The Kier molecular flexibility index (Phi) is 5.88. The van der Waals surface area contributed by atoms with Gasteiger partial charge in [-0.05, 0) is 55.7 Å². The summed E-state index contributed by atoms with van der Waals surface area (Å²) in [6.07, 6.45) is 4.52. The lowest BCUT2D eigenvalue weighted by atomic mass is 10.1. The third-order valence-corrected chi connectivity index (χ3v) is 6.61. The highest BCUT2D eigenvalue weighted by Gasteiger charge is 2.24. The van der Waals surface area contributed by atoms with E-state index in [1.54, 1.807) is 12.1 Å². The predicted octanol–water partition coefficient (Wildman–Crippen LogP) is 5.76. The van der Waals surface area contributed by atoms with Crippen LogP contribution in [-0.2, 0) is 6.54 Å². The first-order valence-corrected chi connectivity index (χ1v) is 11.7. The summed E-state index contributed by atoms with van der Waals surface area (Å²) in [5.41, 5.74) is 5.61. The van der Waals surface area contributed by atoms with Gasteiger partial charge in [-0.25, -0.2) is 9.78 Å². The highest BCUT2D eigenvalue weighted by Crippen LogP contribution is 2.37. The average molecular weight is 454 g/mol. The summed E-state index contributed by atoms with van der Waals surface area (Å²) in [5.74, 6) is -0.265. The van der Waals surface area contributed by atoms with Gasteiger partial charge in [0.2, 0.25) is 0 Å². The minimum absolute atomic E-state index is 0.123. The van der Waals surface area contributed by atoms with Crippen LogP contribution in [0.15, 0.2) is 66.7 Å². The minimum Gasteiger partial charge on any atom is -0.478 e. The quantitative estimate of drug-likeness (QED) is 0.389. The lowest BCUT2D eigenvalue weighted by molar-refractivity contribution is 0.0696. The summed E-state index contributed by atoms with van der Waals surface area (Å²) in [6, 6.07) is 21.1. The normalized spacial score (nSPS) is 13.9. The Morgan fingerprint density at radius 2 is 1.65 bits per heavy atom. The van der Waals surface area contributed by atoms with Gasteiger partial charge >= 0.3 is 5.97 Å². The van der Waals surface area contributed by atoms with Crippen LogP contribution in [0, 0.1) is 6.92 Å². The van der Waals surface area contributed by atoms with Crippen LogP contribution in [0.1, 0.15) is 63.6 Å². The number of benzene rings is 3. The van der Waals surface area contributed by atoms with E-state index in [4.69, 9.17) is 4.98 Å². The van der Waals surface area contributed by atoms with E-state index in [2.05, 4.69) is 9.88 Å². The second-order valence-corrected chi connectivity index (χ2v) is 9.00. The topological polar surface area (TPSA) is 84.2 Å². The highest BCUT2D eigenvalue weighted by molar-refractivity contribution is 5.95. The third-order valence-electron chi connectivity index (χ3n) is 6.61. The molecule has 0 aliphatic heterocycles. The predicted molar refractivity (Wildman–Crippen MR) is 132 cm³/mol. The van der Waals surface area contributed by atoms with E-state index in [1.807, 2.05) is 61.5 Å². The molecule has 1 aliphatic carbocycles. The fraction of sp³-hybridized carbons (Fsp3) is 0.250. The molecule has 34 heavy (non-hydrogen) atoms. The molecular formula is C28H27N3O3. The number of aromatic carboxylic acids is 1. The number of hydrogen-bond acceptors (Lipinski definition) is 3. The number of carboxylic acid groups (broad SMARTS) is 1. The van der Waals surface area contributed by atoms with Gasteiger partial charge < -0.3 is 15.0 Å². The molecule has 172 valence electrons. The fourth-order valence-corrected chi connectivity index (χ4v) is 4.73. The average Bonchev–Trinajstić information content (AvgIpc) is 3.51. The molecule has 0 bridgehead atoms. The maximum absolute atomic E-state index is 12.7. The van der Waals surface area contributed by atoms with E-state index >= 15 is 0 Å². The first-order chi connectivity index (χ1) is 16.5. The number of fused-ring (bicyclic) bond motifs is 1. The first-order valence-electron chi connectivity index (χ1n) is 11.7. The summed E-state index contributed by atoms with van der Waals surface area (Å²) < 4.78 is 2.25. The van der Waals surface area contributed by atoms with Gasteiger partial charge in [0.15, 0.2) is 0 Å². The van der Waals surface area contributed by atoms with Crippen molar-refractivity contribution in [3.63, 3.8) is 0 Å². The number of hydrogen-bond donors (Lipinski definition) is 2. The summed E-state index contributed by atoms with van der Waals surface area (Å²) in [7, 11) is 0. The van der Waals surface area contributed by atoms with Crippen LogP contribution >= 0.6 is 0 Å². The molecule has 1 heterocycles. The Bertz CT molecular complexity index is 1350. The highest BCUT2D eigenvalue weighted by atomic mass is 16.4. The van der Waals surface area contributed by atoms with Crippen molar-refractivity contribution in [2.75, 3.05) is 0 Å². The van der Waals surface area contributed by atoms with Gasteiger partial charge in [-0.2, -0.15) is 0 Å². The number of imidazole rings is 1. The van der Waals surface area contributed by atoms with Crippen LogP contribution < -0.4 is 5.32 Å². The van der Waals surface area contributed by atoms with Crippen molar-refractivity contribution in [1.82, 2.24) is 14.9 Å². The van der Waals surface area contributed by atoms with Gasteiger partial charge in [0.25, 0.3) is 5.91 Å². The SMILES string of the molecule is Cc1ccc(CNC(=O)c2ccc(-c3nc4cc(C(=O)O)ccc4n3C3CCCC3)cc2)cc1. The van der Waals surface area contributed by atoms with Crippen LogP contribution in [0.2, 0.25) is 0 Å². The molecule has 4 aromatic rings. The van der Waals surface area contributed by atoms with E-state index in [0.717, 1.165) is 35.3 Å². The molecule has 1 aromatic heterocycles.